The Kier molecular flexibility index (Phi) is 7.63. The molecule has 0 aliphatic rings. The van der Waals surface area contributed by atoms with E-state index in [-0.39, 0.29) is 0 Å². The van der Waals surface area contributed by atoms with E-state index >= 15 is 0 Å². The molecular weight excluding hydrogens is 216 g/mol. The van der Waals surface area contributed by atoms with Gasteiger partial charge in [-0.15, -0.1) is 0 Å². The van der Waals surface area contributed by atoms with Crippen LogP contribution in [0.15, 0.2) is 30.3 Å². The Hall–Kier alpha value is -0.900. The van der Waals surface area contributed by atoms with E-state index in [0.717, 1.165) is 12.8 Å². The van der Waals surface area contributed by atoms with Crippen molar-refractivity contribution < 1.29 is 14.6 Å². The quantitative estimate of drug-likeness (QED) is 0.669. The minimum atomic E-state index is -0.392. The lowest BCUT2D eigenvalue weighted by Gasteiger charge is -2.11. The monoisotopic (exact) mass is 238 g/mol. The second-order valence-electron chi connectivity index (χ2n) is 3.95. The van der Waals surface area contributed by atoms with Crippen molar-refractivity contribution in [3.8, 4) is 0 Å². The van der Waals surface area contributed by atoms with E-state index in [1.54, 1.807) is 0 Å². The molecule has 1 N–H and O–H groups in total. The maximum atomic E-state index is 9.70. The molecule has 3 nitrogen and oxygen atoms in total. The van der Waals surface area contributed by atoms with E-state index in [0.29, 0.717) is 26.4 Å². The maximum absolute atomic E-state index is 9.70. The number of benzene rings is 1. The van der Waals surface area contributed by atoms with Gasteiger partial charge in [0.15, 0.2) is 0 Å². The van der Waals surface area contributed by atoms with Crippen LogP contribution in [0.4, 0.5) is 0 Å². The number of hydrogen-bond donors (Lipinski definition) is 1. The largest absolute Gasteiger partial charge is 0.391 e. The van der Waals surface area contributed by atoms with E-state index < -0.39 is 6.10 Å². The van der Waals surface area contributed by atoms with E-state index in [1.165, 1.54) is 5.56 Å². The Morgan fingerprint density at radius 1 is 1.12 bits per heavy atom. The fraction of sp³-hybridized carbons (Fsp3) is 0.571. The smallest absolute Gasteiger partial charge is 0.0776 e. The summed E-state index contributed by atoms with van der Waals surface area (Å²) >= 11 is 0. The van der Waals surface area contributed by atoms with Crippen molar-refractivity contribution in [3.05, 3.63) is 35.9 Å². The molecule has 1 aromatic carbocycles. The summed E-state index contributed by atoms with van der Waals surface area (Å²) in [6.07, 6.45) is 1.23. The van der Waals surface area contributed by atoms with Crippen LogP contribution in [0.2, 0.25) is 0 Å². The molecule has 96 valence electrons. The second kappa shape index (κ2) is 9.16. The first-order chi connectivity index (χ1) is 8.33. The summed E-state index contributed by atoms with van der Waals surface area (Å²) in [5.41, 5.74) is 1.25. The summed E-state index contributed by atoms with van der Waals surface area (Å²) in [7, 11) is 0. The SMILES string of the molecule is CCOCCOCC(O)CCc1ccccc1. The molecule has 1 atom stereocenters. The highest BCUT2D eigenvalue weighted by Crippen LogP contribution is 2.05. The lowest BCUT2D eigenvalue weighted by atomic mass is 10.1. The van der Waals surface area contributed by atoms with Crippen LogP contribution in [-0.4, -0.2) is 37.6 Å². The summed E-state index contributed by atoms with van der Waals surface area (Å²) in [5.74, 6) is 0. The minimum Gasteiger partial charge on any atom is -0.391 e. The fourth-order valence-electron chi connectivity index (χ4n) is 1.54. The van der Waals surface area contributed by atoms with Gasteiger partial charge in [-0.05, 0) is 25.3 Å². The summed E-state index contributed by atoms with van der Waals surface area (Å²) in [6.45, 7) is 4.20. The number of aliphatic hydroxyl groups excluding tert-OH is 1. The van der Waals surface area contributed by atoms with Crippen molar-refractivity contribution in [2.24, 2.45) is 0 Å². The molecule has 1 unspecified atom stereocenters. The number of hydrogen-bond acceptors (Lipinski definition) is 3. The van der Waals surface area contributed by atoms with Gasteiger partial charge in [-0.2, -0.15) is 0 Å². The van der Waals surface area contributed by atoms with Crippen molar-refractivity contribution in [2.75, 3.05) is 26.4 Å². The molecule has 0 radical (unpaired) electrons. The van der Waals surface area contributed by atoms with Gasteiger partial charge in [-0.25, -0.2) is 0 Å². The van der Waals surface area contributed by atoms with Crippen LogP contribution in [-0.2, 0) is 15.9 Å². The standard InChI is InChI=1S/C14H22O3/c1-2-16-10-11-17-12-14(15)9-8-13-6-4-3-5-7-13/h3-7,14-15H,2,8-12H2,1H3. The van der Waals surface area contributed by atoms with Gasteiger partial charge in [0.05, 0.1) is 25.9 Å². The first kappa shape index (κ1) is 14.2. The molecule has 0 aromatic heterocycles. The average molecular weight is 238 g/mol. The zero-order valence-electron chi connectivity index (χ0n) is 10.5. The molecule has 0 bridgehead atoms. The van der Waals surface area contributed by atoms with Gasteiger partial charge < -0.3 is 14.6 Å². The lowest BCUT2D eigenvalue weighted by molar-refractivity contribution is 0.00366. The van der Waals surface area contributed by atoms with E-state index in [4.69, 9.17) is 9.47 Å². The van der Waals surface area contributed by atoms with Crippen LogP contribution in [0.3, 0.4) is 0 Å². The topological polar surface area (TPSA) is 38.7 Å². The Morgan fingerprint density at radius 3 is 2.53 bits per heavy atom. The number of ether oxygens (including phenoxy) is 2. The summed E-state index contributed by atoms with van der Waals surface area (Å²) in [4.78, 5) is 0. The molecule has 1 aromatic rings. The molecule has 0 fully saturated rings. The zero-order valence-corrected chi connectivity index (χ0v) is 10.5. The molecule has 0 aliphatic heterocycles. The Labute approximate surface area is 103 Å². The highest BCUT2D eigenvalue weighted by molar-refractivity contribution is 5.14. The molecule has 0 heterocycles. The van der Waals surface area contributed by atoms with Crippen molar-refractivity contribution in [2.45, 2.75) is 25.9 Å². The number of aryl methyl sites for hydroxylation is 1. The molecule has 0 saturated carbocycles. The summed E-state index contributed by atoms with van der Waals surface area (Å²) in [5, 5.41) is 9.70. The van der Waals surface area contributed by atoms with Gasteiger partial charge in [0.25, 0.3) is 0 Å². The zero-order chi connectivity index (χ0) is 12.3. The first-order valence-electron chi connectivity index (χ1n) is 6.20. The maximum Gasteiger partial charge on any atom is 0.0776 e. The molecule has 3 heteroatoms. The van der Waals surface area contributed by atoms with Gasteiger partial charge in [0.2, 0.25) is 0 Å². The molecule has 0 spiro atoms. The van der Waals surface area contributed by atoms with Crippen molar-refractivity contribution in [1.29, 1.82) is 0 Å². The fourth-order valence-corrected chi connectivity index (χ4v) is 1.54. The van der Waals surface area contributed by atoms with Crippen LogP contribution >= 0.6 is 0 Å². The molecule has 0 saturated heterocycles. The minimum absolute atomic E-state index is 0.389. The average Bonchev–Trinajstić information content (AvgIpc) is 2.37. The van der Waals surface area contributed by atoms with Crippen LogP contribution in [0.25, 0.3) is 0 Å². The highest BCUT2D eigenvalue weighted by Gasteiger charge is 2.04. The van der Waals surface area contributed by atoms with E-state index in [2.05, 4.69) is 12.1 Å². The second-order valence-corrected chi connectivity index (χ2v) is 3.95. The third-order valence-electron chi connectivity index (χ3n) is 2.50. The first-order valence-corrected chi connectivity index (χ1v) is 6.20. The Morgan fingerprint density at radius 2 is 1.82 bits per heavy atom. The van der Waals surface area contributed by atoms with Gasteiger partial charge in [0.1, 0.15) is 0 Å². The van der Waals surface area contributed by atoms with E-state index in [9.17, 15) is 5.11 Å². The summed E-state index contributed by atoms with van der Waals surface area (Å²) in [6, 6.07) is 10.2. The Balaban J connectivity index is 2.03. The number of rotatable bonds is 9. The lowest BCUT2D eigenvalue weighted by Crippen LogP contribution is -2.18. The van der Waals surface area contributed by atoms with Crippen molar-refractivity contribution in [3.63, 3.8) is 0 Å². The van der Waals surface area contributed by atoms with Gasteiger partial charge in [0, 0.05) is 6.61 Å². The van der Waals surface area contributed by atoms with Crippen LogP contribution in [0.5, 0.6) is 0 Å². The number of aliphatic hydroxyl groups is 1. The van der Waals surface area contributed by atoms with E-state index in [1.807, 2.05) is 25.1 Å². The van der Waals surface area contributed by atoms with Crippen molar-refractivity contribution >= 4 is 0 Å². The predicted molar refractivity (Wildman–Crippen MR) is 68.1 cm³/mol. The summed E-state index contributed by atoms with van der Waals surface area (Å²) < 4.78 is 10.4. The Bertz CT molecular complexity index is 274. The predicted octanol–water partition coefficient (Wildman–Crippen LogP) is 2.03. The molecule has 0 aliphatic carbocycles. The van der Waals surface area contributed by atoms with Crippen molar-refractivity contribution in [1.82, 2.24) is 0 Å². The van der Waals surface area contributed by atoms with Gasteiger partial charge >= 0.3 is 0 Å². The van der Waals surface area contributed by atoms with Crippen LogP contribution in [0.1, 0.15) is 18.9 Å². The third kappa shape index (κ3) is 7.10. The normalized spacial score (nSPS) is 12.6. The highest BCUT2D eigenvalue weighted by atomic mass is 16.5. The molecule has 1 rings (SSSR count). The van der Waals surface area contributed by atoms with Gasteiger partial charge in [-0.3, -0.25) is 0 Å². The van der Waals surface area contributed by atoms with Gasteiger partial charge in [-0.1, -0.05) is 30.3 Å². The molecule has 17 heavy (non-hydrogen) atoms. The third-order valence-corrected chi connectivity index (χ3v) is 2.50. The molecule has 0 amide bonds. The molecular formula is C14H22O3. The van der Waals surface area contributed by atoms with Crippen LogP contribution < -0.4 is 0 Å². The van der Waals surface area contributed by atoms with Crippen LogP contribution in [0, 0.1) is 0 Å².